The zero-order chi connectivity index (χ0) is 13.8. The molecule has 2 rings (SSSR count). The van der Waals surface area contributed by atoms with Crippen LogP contribution in [0.15, 0.2) is 44.7 Å². The molecule has 0 radical (unpaired) electrons. The van der Waals surface area contributed by atoms with Crippen LogP contribution in [0.2, 0.25) is 0 Å². The Morgan fingerprint density at radius 1 is 1.37 bits per heavy atom. The first-order chi connectivity index (χ1) is 9.11. The van der Waals surface area contributed by atoms with E-state index in [1.54, 1.807) is 32.0 Å². The quantitative estimate of drug-likeness (QED) is 0.367. The highest BCUT2D eigenvalue weighted by atomic mass is 16.7. The molecular formula is C14H13NO4. The Hall–Kier alpha value is -2.43. The minimum absolute atomic E-state index is 0.225. The van der Waals surface area contributed by atoms with Crippen LogP contribution >= 0.6 is 0 Å². The van der Waals surface area contributed by atoms with Crippen LogP contribution in [-0.2, 0) is 9.63 Å². The number of carbonyl (C=O) groups excluding carboxylic acids is 1. The molecule has 0 aliphatic heterocycles. The molecule has 1 heterocycles. The number of para-hydroxylation sites is 1. The van der Waals surface area contributed by atoms with E-state index in [0.29, 0.717) is 11.3 Å². The Bertz CT molecular complexity index is 700. The van der Waals surface area contributed by atoms with Crippen molar-refractivity contribution in [2.75, 3.05) is 0 Å². The number of benzene rings is 1. The maximum atomic E-state index is 11.8. The summed E-state index contributed by atoms with van der Waals surface area (Å²) in [6.07, 6.45) is 0.225. The molecule has 0 unspecified atom stereocenters. The van der Waals surface area contributed by atoms with Crippen LogP contribution < -0.4 is 5.63 Å². The molecule has 19 heavy (non-hydrogen) atoms. The van der Waals surface area contributed by atoms with Gasteiger partial charge >= 0.3 is 11.6 Å². The van der Waals surface area contributed by atoms with Gasteiger partial charge in [0.2, 0.25) is 0 Å². The van der Waals surface area contributed by atoms with Gasteiger partial charge < -0.3 is 9.25 Å². The molecule has 0 atom stereocenters. The molecule has 5 heteroatoms. The summed E-state index contributed by atoms with van der Waals surface area (Å²) in [6.45, 7) is 3.25. The molecule has 0 saturated carbocycles. The van der Waals surface area contributed by atoms with Crippen LogP contribution in [0.4, 0.5) is 0 Å². The predicted octanol–water partition coefficient (Wildman–Crippen LogP) is 2.47. The fraction of sp³-hybridized carbons (Fsp3) is 0.214. The van der Waals surface area contributed by atoms with Crippen LogP contribution in [-0.4, -0.2) is 11.7 Å². The van der Waals surface area contributed by atoms with E-state index >= 15 is 0 Å². The standard InChI is InChI=1S/C14H13NO4/c1-3-13(16)19-15-9(2)11-8-10-6-4-5-7-12(10)18-14(11)17/h4-8H,3H2,1-2H3. The number of hydrogen-bond acceptors (Lipinski definition) is 5. The van der Waals surface area contributed by atoms with E-state index < -0.39 is 11.6 Å². The Kier molecular flexibility index (Phi) is 3.75. The van der Waals surface area contributed by atoms with Crippen LogP contribution in [0.5, 0.6) is 0 Å². The SMILES string of the molecule is CCC(=O)ON=C(C)c1cc2ccccc2oc1=O. The fourth-order valence-electron chi connectivity index (χ4n) is 1.55. The topological polar surface area (TPSA) is 68.9 Å². The van der Waals surface area contributed by atoms with Crippen LogP contribution in [0, 0.1) is 0 Å². The van der Waals surface area contributed by atoms with Crippen molar-refractivity contribution in [3.8, 4) is 0 Å². The summed E-state index contributed by atoms with van der Waals surface area (Å²) in [6, 6.07) is 8.83. The predicted molar refractivity (Wildman–Crippen MR) is 71.1 cm³/mol. The molecule has 0 N–H and O–H groups in total. The molecule has 2 aromatic rings. The van der Waals surface area contributed by atoms with E-state index in [4.69, 9.17) is 4.42 Å². The Morgan fingerprint density at radius 2 is 2.11 bits per heavy atom. The zero-order valence-corrected chi connectivity index (χ0v) is 10.7. The van der Waals surface area contributed by atoms with E-state index in [0.717, 1.165) is 5.39 Å². The molecule has 0 saturated heterocycles. The fourth-order valence-corrected chi connectivity index (χ4v) is 1.55. The minimum Gasteiger partial charge on any atom is -0.422 e. The lowest BCUT2D eigenvalue weighted by atomic mass is 10.1. The summed E-state index contributed by atoms with van der Waals surface area (Å²) in [5.74, 6) is -0.454. The van der Waals surface area contributed by atoms with Crippen molar-refractivity contribution >= 4 is 22.7 Å². The van der Waals surface area contributed by atoms with E-state index in [2.05, 4.69) is 9.99 Å². The summed E-state index contributed by atoms with van der Waals surface area (Å²) >= 11 is 0. The summed E-state index contributed by atoms with van der Waals surface area (Å²) < 4.78 is 5.17. The third kappa shape index (κ3) is 2.88. The van der Waals surface area contributed by atoms with Gasteiger partial charge in [0.05, 0.1) is 11.3 Å². The highest BCUT2D eigenvalue weighted by Gasteiger charge is 2.09. The average molecular weight is 259 g/mol. The third-order valence-electron chi connectivity index (χ3n) is 2.60. The first kappa shape index (κ1) is 13.0. The van der Waals surface area contributed by atoms with E-state index in [1.165, 1.54) is 0 Å². The van der Waals surface area contributed by atoms with E-state index in [-0.39, 0.29) is 12.0 Å². The van der Waals surface area contributed by atoms with Crippen molar-refractivity contribution in [3.63, 3.8) is 0 Å². The monoisotopic (exact) mass is 259 g/mol. The van der Waals surface area contributed by atoms with Crippen molar-refractivity contribution in [2.45, 2.75) is 20.3 Å². The number of carbonyl (C=O) groups is 1. The van der Waals surface area contributed by atoms with Crippen molar-refractivity contribution in [1.82, 2.24) is 0 Å². The summed E-state index contributed by atoms with van der Waals surface area (Å²) in [5.41, 5.74) is 0.589. The second-order valence-corrected chi connectivity index (χ2v) is 3.98. The lowest BCUT2D eigenvalue weighted by Crippen LogP contribution is -2.13. The molecule has 0 bridgehead atoms. The second kappa shape index (κ2) is 5.48. The largest absolute Gasteiger partial charge is 0.422 e. The summed E-state index contributed by atoms with van der Waals surface area (Å²) in [4.78, 5) is 27.5. The van der Waals surface area contributed by atoms with Crippen molar-refractivity contribution < 1.29 is 14.0 Å². The van der Waals surface area contributed by atoms with Gasteiger partial charge in [0.15, 0.2) is 0 Å². The Balaban J connectivity index is 2.42. The molecular weight excluding hydrogens is 246 g/mol. The summed E-state index contributed by atoms with van der Waals surface area (Å²) in [5, 5.41) is 4.43. The highest BCUT2D eigenvalue weighted by Crippen LogP contribution is 2.13. The second-order valence-electron chi connectivity index (χ2n) is 3.98. The van der Waals surface area contributed by atoms with Crippen LogP contribution in [0.25, 0.3) is 11.0 Å². The Morgan fingerprint density at radius 3 is 2.84 bits per heavy atom. The first-order valence-electron chi connectivity index (χ1n) is 5.89. The molecule has 0 aliphatic carbocycles. The summed E-state index contributed by atoms with van der Waals surface area (Å²) in [7, 11) is 0. The number of oxime groups is 1. The molecule has 0 aliphatic rings. The van der Waals surface area contributed by atoms with E-state index in [9.17, 15) is 9.59 Å². The van der Waals surface area contributed by atoms with Crippen LogP contribution in [0.3, 0.4) is 0 Å². The van der Waals surface area contributed by atoms with Gasteiger partial charge in [0, 0.05) is 11.8 Å². The molecule has 98 valence electrons. The van der Waals surface area contributed by atoms with Gasteiger partial charge in [-0.3, -0.25) is 0 Å². The Labute approximate surface area is 109 Å². The van der Waals surface area contributed by atoms with Gasteiger partial charge in [0.25, 0.3) is 0 Å². The van der Waals surface area contributed by atoms with Gasteiger partial charge in [-0.15, -0.1) is 0 Å². The first-order valence-corrected chi connectivity index (χ1v) is 5.89. The van der Waals surface area contributed by atoms with E-state index in [1.807, 2.05) is 12.1 Å². The van der Waals surface area contributed by atoms with Crippen LogP contribution in [0.1, 0.15) is 25.8 Å². The molecule has 0 spiro atoms. The average Bonchev–Trinajstić information content (AvgIpc) is 2.43. The van der Waals surface area contributed by atoms with Gasteiger partial charge in [0.1, 0.15) is 5.58 Å². The van der Waals surface area contributed by atoms with Crippen molar-refractivity contribution in [2.24, 2.45) is 5.16 Å². The van der Waals surface area contributed by atoms with Gasteiger partial charge in [-0.25, -0.2) is 9.59 Å². The number of rotatable bonds is 3. The maximum absolute atomic E-state index is 11.8. The molecule has 0 fully saturated rings. The molecule has 1 aromatic carbocycles. The van der Waals surface area contributed by atoms with Crippen molar-refractivity contribution in [1.29, 1.82) is 0 Å². The number of fused-ring (bicyclic) bond motifs is 1. The normalized spacial score (nSPS) is 11.6. The van der Waals surface area contributed by atoms with Crippen molar-refractivity contribution in [3.05, 3.63) is 46.3 Å². The molecule has 5 nitrogen and oxygen atoms in total. The zero-order valence-electron chi connectivity index (χ0n) is 10.7. The maximum Gasteiger partial charge on any atom is 0.345 e. The minimum atomic E-state index is -0.507. The van der Waals surface area contributed by atoms with Gasteiger partial charge in [-0.2, -0.15) is 0 Å². The lowest BCUT2D eigenvalue weighted by Gasteiger charge is -2.01. The number of nitrogens with zero attached hydrogens (tertiary/aromatic N) is 1. The third-order valence-corrected chi connectivity index (χ3v) is 2.60. The van der Waals surface area contributed by atoms with Gasteiger partial charge in [-0.05, 0) is 19.1 Å². The van der Waals surface area contributed by atoms with Gasteiger partial charge in [-0.1, -0.05) is 30.3 Å². The highest BCUT2D eigenvalue weighted by molar-refractivity contribution is 6.00. The smallest absolute Gasteiger partial charge is 0.345 e. The molecule has 0 amide bonds. The lowest BCUT2D eigenvalue weighted by molar-refractivity contribution is -0.143. The molecule has 1 aromatic heterocycles. The number of hydrogen-bond donors (Lipinski definition) is 0.